The summed E-state index contributed by atoms with van der Waals surface area (Å²) in [6, 6.07) is 0. The number of nitrogens with zero attached hydrogens (tertiary/aromatic N) is 4. The number of nitrogen functional groups attached to an aromatic ring is 1. The highest BCUT2D eigenvalue weighted by atomic mass is 32.1. The van der Waals surface area contributed by atoms with Crippen molar-refractivity contribution in [2.24, 2.45) is 5.41 Å². The van der Waals surface area contributed by atoms with Crippen LogP contribution < -0.4 is 16.4 Å². The van der Waals surface area contributed by atoms with Gasteiger partial charge in [0, 0.05) is 30.7 Å². The van der Waals surface area contributed by atoms with Gasteiger partial charge < -0.3 is 46.2 Å². The number of thiol groups is 1. The Bertz CT molecular complexity index is 1420. The van der Waals surface area contributed by atoms with E-state index >= 15 is 0 Å². The first-order chi connectivity index (χ1) is 20.5. The van der Waals surface area contributed by atoms with Crippen molar-refractivity contribution >= 4 is 57.1 Å². The zero-order valence-corrected chi connectivity index (χ0v) is 26.2. The Balaban J connectivity index is 1.50. The predicted molar refractivity (Wildman–Crippen MR) is 153 cm³/mol. The third kappa shape index (κ3) is 9.38. The number of ether oxygens (including phenoxy) is 1. The van der Waals surface area contributed by atoms with E-state index in [0.717, 1.165) is 6.33 Å². The number of nitrogens with two attached hydrogens (primary N) is 1. The minimum atomic E-state index is -5.35. The summed E-state index contributed by atoms with van der Waals surface area (Å²) in [5.41, 5.74) is 4.60. The van der Waals surface area contributed by atoms with Crippen LogP contribution in [-0.2, 0) is 36.8 Å². The SMILES string of the molecule is CC(C)(COP(=O)(O)OP(=O)(O)OC[C@@H]1O[C@@H](n2cnc3c(N)ncnc32)[C@H](O)[C@@H]1O)[C@H](O)C(=O)NCCC(=O)NCCS. The zero-order chi connectivity index (χ0) is 32.9. The molecule has 2 aromatic heterocycles. The van der Waals surface area contributed by atoms with E-state index in [1.54, 1.807) is 0 Å². The van der Waals surface area contributed by atoms with Crippen LogP contribution in [0.25, 0.3) is 11.2 Å². The lowest BCUT2D eigenvalue weighted by Gasteiger charge is -2.30. The molecule has 0 aromatic carbocycles. The van der Waals surface area contributed by atoms with Gasteiger partial charge in [-0.1, -0.05) is 13.8 Å². The molecule has 44 heavy (non-hydrogen) atoms. The van der Waals surface area contributed by atoms with Gasteiger partial charge in [0.2, 0.25) is 11.8 Å². The predicted octanol–water partition coefficient (Wildman–Crippen LogP) is -1.78. The molecule has 7 atom stereocenters. The van der Waals surface area contributed by atoms with Crippen LogP contribution in [0.2, 0.25) is 0 Å². The van der Waals surface area contributed by atoms with Gasteiger partial charge in [0.05, 0.1) is 19.5 Å². The third-order valence-corrected chi connectivity index (χ3v) is 9.09. The first-order valence-electron chi connectivity index (χ1n) is 12.9. The molecule has 0 aliphatic carbocycles. The molecule has 248 valence electrons. The Labute approximate surface area is 255 Å². The van der Waals surface area contributed by atoms with E-state index in [0.29, 0.717) is 12.3 Å². The Morgan fingerprint density at radius 3 is 2.50 bits per heavy atom. The van der Waals surface area contributed by atoms with E-state index in [1.807, 2.05) is 0 Å². The van der Waals surface area contributed by atoms with Crippen molar-refractivity contribution in [3.63, 3.8) is 0 Å². The number of aliphatic hydroxyl groups excluding tert-OH is 3. The fourth-order valence-corrected chi connectivity index (χ4v) is 6.22. The minimum Gasteiger partial charge on any atom is -0.387 e. The third-order valence-electron chi connectivity index (χ3n) is 6.28. The fraction of sp³-hybridized carbons (Fsp3) is 0.667. The highest BCUT2D eigenvalue weighted by Gasteiger charge is 2.46. The Kier molecular flexibility index (Phi) is 12.3. The second-order valence-electron chi connectivity index (χ2n) is 10.2. The van der Waals surface area contributed by atoms with E-state index in [1.165, 1.54) is 24.7 Å². The molecule has 3 rings (SSSR count). The van der Waals surface area contributed by atoms with Gasteiger partial charge in [-0.25, -0.2) is 24.1 Å². The van der Waals surface area contributed by atoms with Crippen LogP contribution in [0.15, 0.2) is 12.7 Å². The number of aromatic nitrogens is 4. The first-order valence-corrected chi connectivity index (χ1v) is 16.5. The normalized spacial score (nSPS) is 24.0. The monoisotopic (exact) mass is 687 g/mol. The number of phosphoric ester groups is 2. The molecule has 0 saturated carbocycles. The summed E-state index contributed by atoms with van der Waals surface area (Å²) in [4.78, 5) is 55.7. The summed E-state index contributed by atoms with van der Waals surface area (Å²) in [5, 5.41) is 36.2. The maximum atomic E-state index is 12.4. The van der Waals surface area contributed by atoms with Crippen molar-refractivity contribution in [2.45, 2.75) is 50.9 Å². The van der Waals surface area contributed by atoms with Gasteiger partial charge in [-0.05, 0) is 0 Å². The molecule has 0 radical (unpaired) electrons. The van der Waals surface area contributed by atoms with Crippen molar-refractivity contribution < 1.29 is 61.9 Å². The number of imidazole rings is 1. The molecule has 2 amide bonds. The van der Waals surface area contributed by atoms with Crippen LogP contribution in [0, 0.1) is 5.41 Å². The van der Waals surface area contributed by atoms with Crippen molar-refractivity contribution in [2.75, 3.05) is 37.8 Å². The molecule has 1 saturated heterocycles. The van der Waals surface area contributed by atoms with E-state index in [4.69, 9.17) is 19.5 Å². The highest BCUT2D eigenvalue weighted by Crippen LogP contribution is 2.61. The van der Waals surface area contributed by atoms with Crippen LogP contribution in [0.3, 0.4) is 0 Å². The molecule has 0 bridgehead atoms. The quantitative estimate of drug-likeness (QED) is 0.0696. The standard InChI is InChI=1S/C21H35N7O13P2S/c1-21(2,16(32)19(33)24-4-3-12(29)23-5-6-44)8-39-43(36,37)41-42(34,35)38-7-11-14(30)15(31)20(40-11)28-10-27-13-17(22)25-9-26-18(13)28/h9-11,14-16,20,30-32,44H,3-8H2,1-2H3,(H,23,29)(H,24,33)(H,34,35)(H,36,37)(H2,22,25,26)/t11-,14+,15+,16+,20+/m0/s1. The number of phosphoric acid groups is 2. The highest BCUT2D eigenvalue weighted by molar-refractivity contribution is 7.80. The van der Waals surface area contributed by atoms with E-state index < -0.39 is 70.8 Å². The number of amides is 2. The Morgan fingerprint density at radius 1 is 1.14 bits per heavy atom. The van der Waals surface area contributed by atoms with Crippen LogP contribution in [0.5, 0.6) is 0 Å². The van der Waals surface area contributed by atoms with Crippen LogP contribution in [0.4, 0.5) is 5.82 Å². The average Bonchev–Trinajstić information content (AvgIpc) is 3.50. The Morgan fingerprint density at radius 2 is 1.82 bits per heavy atom. The summed E-state index contributed by atoms with van der Waals surface area (Å²) < 4.78 is 45.3. The second kappa shape index (κ2) is 14.9. The number of aliphatic hydroxyl groups is 3. The zero-order valence-electron chi connectivity index (χ0n) is 23.5. The van der Waals surface area contributed by atoms with Gasteiger partial charge in [0.1, 0.15) is 36.3 Å². The molecular formula is C21H35N7O13P2S. The molecule has 2 aromatic rings. The summed E-state index contributed by atoms with van der Waals surface area (Å²) >= 11 is 3.96. The molecule has 1 fully saturated rings. The van der Waals surface area contributed by atoms with Gasteiger partial charge in [-0.15, -0.1) is 0 Å². The molecule has 0 spiro atoms. The maximum Gasteiger partial charge on any atom is 0.481 e. The lowest BCUT2D eigenvalue weighted by Crippen LogP contribution is -2.46. The summed E-state index contributed by atoms with van der Waals surface area (Å²) in [7, 11) is -10.7. The van der Waals surface area contributed by atoms with Gasteiger partial charge in [0.25, 0.3) is 0 Å². The van der Waals surface area contributed by atoms with Gasteiger partial charge in [-0.2, -0.15) is 16.9 Å². The van der Waals surface area contributed by atoms with Crippen molar-refractivity contribution in [3.05, 3.63) is 12.7 Å². The molecular weight excluding hydrogens is 652 g/mol. The molecule has 20 nitrogen and oxygen atoms in total. The molecule has 23 heteroatoms. The average molecular weight is 688 g/mol. The van der Waals surface area contributed by atoms with Gasteiger partial charge in [0.15, 0.2) is 17.7 Å². The lowest BCUT2D eigenvalue weighted by atomic mass is 9.87. The van der Waals surface area contributed by atoms with E-state index in [9.17, 15) is 43.8 Å². The summed E-state index contributed by atoms with van der Waals surface area (Å²) in [6.07, 6.45) is -5.39. The number of hydrogen-bond donors (Lipinski definition) is 9. The Hall–Kier alpha value is -2.26. The number of nitrogens with one attached hydrogen (secondary N) is 2. The molecule has 3 heterocycles. The summed E-state index contributed by atoms with van der Waals surface area (Å²) in [6.45, 7) is 1.16. The van der Waals surface area contributed by atoms with Crippen molar-refractivity contribution in [3.8, 4) is 0 Å². The van der Waals surface area contributed by atoms with Crippen LogP contribution in [0.1, 0.15) is 26.5 Å². The number of fused-ring (bicyclic) bond motifs is 1. The van der Waals surface area contributed by atoms with Crippen molar-refractivity contribution in [1.29, 1.82) is 0 Å². The topological polar surface area (TPSA) is 300 Å². The van der Waals surface area contributed by atoms with E-state index in [-0.39, 0.29) is 35.9 Å². The molecule has 1 aliphatic rings. The maximum absolute atomic E-state index is 12.4. The molecule has 9 N–H and O–H groups in total. The van der Waals surface area contributed by atoms with Gasteiger partial charge in [-0.3, -0.25) is 23.2 Å². The summed E-state index contributed by atoms with van der Waals surface area (Å²) in [5.74, 6) is -0.760. The lowest BCUT2D eigenvalue weighted by molar-refractivity contribution is -0.137. The van der Waals surface area contributed by atoms with Crippen molar-refractivity contribution in [1.82, 2.24) is 30.2 Å². The van der Waals surface area contributed by atoms with E-state index in [2.05, 4.69) is 42.5 Å². The first kappa shape index (κ1) is 36.2. The number of rotatable bonds is 16. The second-order valence-corrected chi connectivity index (χ2v) is 13.7. The minimum absolute atomic E-state index is 0.0540. The molecule has 2 unspecified atom stereocenters. The van der Waals surface area contributed by atoms with Gasteiger partial charge >= 0.3 is 15.6 Å². The smallest absolute Gasteiger partial charge is 0.387 e. The number of carbonyl (C=O) groups excluding carboxylic acids is 2. The fourth-order valence-electron chi connectivity index (χ4n) is 3.86. The number of hydrogen-bond acceptors (Lipinski definition) is 16. The molecule has 1 aliphatic heterocycles. The number of carbonyl (C=O) groups is 2. The van der Waals surface area contributed by atoms with Crippen LogP contribution >= 0.6 is 28.3 Å². The number of anilines is 1. The van der Waals surface area contributed by atoms with Crippen LogP contribution in [-0.4, -0.2) is 113 Å². The largest absolute Gasteiger partial charge is 0.481 e.